The molecule has 1 aromatic carbocycles. The van der Waals surface area contributed by atoms with Crippen LogP contribution in [0.15, 0.2) is 22.7 Å². The molecule has 0 spiro atoms. The third kappa shape index (κ3) is 4.22. The number of nitrogens with zero attached hydrogens (tertiary/aromatic N) is 3. The highest BCUT2D eigenvalue weighted by atomic mass is 79.9. The maximum atomic E-state index is 3.78. The van der Waals surface area contributed by atoms with E-state index in [9.17, 15) is 0 Å². The van der Waals surface area contributed by atoms with Crippen molar-refractivity contribution < 1.29 is 0 Å². The van der Waals surface area contributed by atoms with Crippen LogP contribution < -0.4 is 10.2 Å². The van der Waals surface area contributed by atoms with Gasteiger partial charge in [0.15, 0.2) is 0 Å². The van der Waals surface area contributed by atoms with Gasteiger partial charge in [0.05, 0.1) is 5.69 Å². The van der Waals surface area contributed by atoms with E-state index in [-0.39, 0.29) is 0 Å². The highest BCUT2D eigenvalue weighted by Crippen LogP contribution is 2.28. The van der Waals surface area contributed by atoms with E-state index in [1.165, 1.54) is 35.4 Å². The van der Waals surface area contributed by atoms with Crippen molar-refractivity contribution in [3.63, 3.8) is 0 Å². The van der Waals surface area contributed by atoms with Gasteiger partial charge in [-0.1, -0.05) is 6.07 Å². The fourth-order valence-electron chi connectivity index (χ4n) is 3.23. The summed E-state index contributed by atoms with van der Waals surface area (Å²) in [4.78, 5) is 7.44. The fourth-order valence-corrected chi connectivity index (χ4v) is 3.91. The maximum Gasteiger partial charge on any atom is 0.0511 e. The molecule has 22 heavy (non-hydrogen) atoms. The molecule has 5 heteroatoms. The van der Waals surface area contributed by atoms with Crippen molar-refractivity contribution in [1.82, 2.24) is 15.1 Å². The molecule has 0 atom stereocenters. The minimum atomic E-state index is 1.12. The van der Waals surface area contributed by atoms with Gasteiger partial charge in [-0.2, -0.15) is 0 Å². The summed E-state index contributed by atoms with van der Waals surface area (Å²) in [6, 6.07) is 6.92. The molecule has 2 heterocycles. The summed E-state index contributed by atoms with van der Waals surface area (Å²) in [7, 11) is 2.20. The summed E-state index contributed by atoms with van der Waals surface area (Å²) < 4.78 is 1.25. The molecule has 2 aliphatic heterocycles. The van der Waals surface area contributed by atoms with E-state index >= 15 is 0 Å². The number of nitrogens with one attached hydrogen (secondary N) is 1. The Bertz CT molecular complexity index is 480. The van der Waals surface area contributed by atoms with Crippen LogP contribution in [0.5, 0.6) is 0 Å². The van der Waals surface area contributed by atoms with Crippen molar-refractivity contribution in [2.75, 3.05) is 70.9 Å². The molecule has 122 valence electrons. The zero-order chi connectivity index (χ0) is 15.4. The van der Waals surface area contributed by atoms with Crippen molar-refractivity contribution in [3.8, 4) is 0 Å². The lowest BCUT2D eigenvalue weighted by Gasteiger charge is -2.34. The van der Waals surface area contributed by atoms with Crippen LogP contribution in [0, 0.1) is 0 Å². The second kappa shape index (κ2) is 7.77. The first-order valence-corrected chi connectivity index (χ1v) is 9.17. The number of piperazine rings is 2. The molecule has 0 radical (unpaired) electrons. The Morgan fingerprint density at radius 2 is 1.77 bits per heavy atom. The predicted octanol–water partition coefficient (Wildman–Crippen LogP) is 1.65. The monoisotopic (exact) mass is 366 g/mol. The van der Waals surface area contributed by atoms with Crippen LogP contribution in [-0.2, 0) is 6.42 Å². The van der Waals surface area contributed by atoms with Crippen LogP contribution in [0.4, 0.5) is 5.69 Å². The van der Waals surface area contributed by atoms with Gasteiger partial charge in [0, 0.05) is 63.4 Å². The summed E-state index contributed by atoms with van der Waals surface area (Å²) in [6.07, 6.45) is 1.14. The number of hydrogen-bond acceptors (Lipinski definition) is 4. The number of likely N-dealkylation sites (N-methyl/N-ethyl adjacent to an activating group) is 1. The number of hydrogen-bond donors (Lipinski definition) is 1. The quantitative estimate of drug-likeness (QED) is 0.874. The van der Waals surface area contributed by atoms with Crippen LogP contribution in [0.25, 0.3) is 0 Å². The van der Waals surface area contributed by atoms with Gasteiger partial charge in [-0.25, -0.2) is 0 Å². The summed E-state index contributed by atoms with van der Waals surface area (Å²) >= 11 is 3.78. The van der Waals surface area contributed by atoms with Gasteiger partial charge >= 0.3 is 0 Å². The second-order valence-electron chi connectivity index (χ2n) is 6.42. The van der Waals surface area contributed by atoms with Gasteiger partial charge in [-0.05, 0) is 47.1 Å². The predicted molar refractivity (Wildman–Crippen MR) is 96.9 cm³/mol. The number of halogens is 1. The molecule has 2 fully saturated rings. The molecule has 2 aliphatic rings. The van der Waals surface area contributed by atoms with E-state index in [0.717, 1.165) is 45.7 Å². The highest BCUT2D eigenvalue weighted by Gasteiger charge is 2.16. The first-order chi connectivity index (χ1) is 10.7. The average molecular weight is 367 g/mol. The number of benzene rings is 1. The molecule has 3 rings (SSSR count). The Morgan fingerprint density at radius 3 is 2.45 bits per heavy atom. The van der Waals surface area contributed by atoms with Crippen LogP contribution in [0.3, 0.4) is 0 Å². The van der Waals surface area contributed by atoms with Gasteiger partial charge in [-0.15, -0.1) is 0 Å². The zero-order valence-electron chi connectivity index (χ0n) is 13.5. The molecule has 0 bridgehead atoms. The normalized spacial score (nSPS) is 21.3. The van der Waals surface area contributed by atoms with Crippen LogP contribution in [-0.4, -0.2) is 75.8 Å². The van der Waals surface area contributed by atoms with Crippen LogP contribution in [0.1, 0.15) is 5.56 Å². The third-order valence-electron chi connectivity index (χ3n) is 4.78. The Morgan fingerprint density at radius 1 is 1.05 bits per heavy atom. The minimum Gasteiger partial charge on any atom is -0.368 e. The largest absolute Gasteiger partial charge is 0.368 e. The lowest BCUT2D eigenvalue weighted by molar-refractivity contribution is 0.244. The van der Waals surface area contributed by atoms with E-state index in [4.69, 9.17) is 0 Å². The Kier molecular flexibility index (Phi) is 5.74. The molecule has 0 unspecified atom stereocenters. The van der Waals surface area contributed by atoms with E-state index < -0.39 is 0 Å². The van der Waals surface area contributed by atoms with Gasteiger partial charge in [0.25, 0.3) is 0 Å². The van der Waals surface area contributed by atoms with E-state index in [2.05, 4.69) is 61.2 Å². The number of anilines is 1. The fraction of sp³-hybridized carbons (Fsp3) is 0.647. The number of rotatable bonds is 4. The van der Waals surface area contributed by atoms with Gasteiger partial charge in [-0.3, -0.25) is 0 Å². The molecule has 0 aromatic heterocycles. The Labute approximate surface area is 142 Å². The first kappa shape index (κ1) is 16.2. The molecular weight excluding hydrogens is 340 g/mol. The lowest BCUT2D eigenvalue weighted by Crippen LogP contribution is -2.44. The maximum absolute atomic E-state index is 3.78. The van der Waals surface area contributed by atoms with Crippen molar-refractivity contribution >= 4 is 21.6 Å². The topological polar surface area (TPSA) is 21.8 Å². The minimum absolute atomic E-state index is 1.12. The highest BCUT2D eigenvalue weighted by molar-refractivity contribution is 9.10. The van der Waals surface area contributed by atoms with E-state index in [1.54, 1.807) is 0 Å². The van der Waals surface area contributed by atoms with Crippen molar-refractivity contribution in [3.05, 3.63) is 28.2 Å². The molecule has 2 saturated heterocycles. The first-order valence-electron chi connectivity index (χ1n) is 8.37. The van der Waals surface area contributed by atoms with Gasteiger partial charge in [0.1, 0.15) is 0 Å². The molecule has 0 amide bonds. The van der Waals surface area contributed by atoms with Crippen molar-refractivity contribution in [2.45, 2.75) is 6.42 Å². The summed E-state index contributed by atoms with van der Waals surface area (Å²) in [5.74, 6) is 0. The van der Waals surface area contributed by atoms with Crippen molar-refractivity contribution in [2.24, 2.45) is 0 Å². The summed E-state index contributed by atoms with van der Waals surface area (Å²) in [5, 5.41) is 3.41. The average Bonchev–Trinajstić information content (AvgIpc) is 2.55. The molecule has 4 nitrogen and oxygen atoms in total. The Hall–Kier alpha value is -0.620. The zero-order valence-corrected chi connectivity index (χ0v) is 15.1. The van der Waals surface area contributed by atoms with Crippen LogP contribution >= 0.6 is 15.9 Å². The third-order valence-corrected chi connectivity index (χ3v) is 5.42. The summed E-state index contributed by atoms with van der Waals surface area (Å²) in [5.41, 5.74) is 2.78. The molecule has 0 saturated carbocycles. The molecule has 0 aliphatic carbocycles. The van der Waals surface area contributed by atoms with Crippen LogP contribution in [0.2, 0.25) is 0 Å². The Balaban J connectivity index is 1.57. The van der Waals surface area contributed by atoms with E-state index in [1.807, 2.05) is 0 Å². The SMILES string of the molecule is CN1CCN(c2ccc(CCN3CCNCC3)cc2Br)CC1. The lowest BCUT2D eigenvalue weighted by atomic mass is 10.1. The summed E-state index contributed by atoms with van der Waals surface area (Å²) in [6.45, 7) is 10.3. The van der Waals surface area contributed by atoms with Crippen molar-refractivity contribution in [1.29, 1.82) is 0 Å². The smallest absolute Gasteiger partial charge is 0.0511 e. The van der Waals surface area contributed by atoms with Gasteiger partial charge in [0.2, 0.25) is 0 Å². The van der Waals surface area contributed by atoms with Gasteiger partial charge < -0.3 is 20.0 Å². The standard InChI is InChI=1S/C17H27BrN4/c1-20-10-12-22(13-11-20)17-3-2-15(14-16(17)18)4-7-21-8-5-19-6-9-21/h2-3,14,19H,4-13H2,1H3. The molecule has 1 aromatic rings. The molecule has 1 N–H and O–H groups in total. The van der Waals surface area contributed by atoms with E-state index in [0.29, 0.717) is 0 Å². The molecular formula is C17H27BrN4. The second-order valence-corrected chi connectivity index (χ2v) is 7.27.